The van der Waals surface area contributed by atoms with Gasteiger partial charge in [-0.1, -0.05) is 46.1 Å². The monoisotopic (exact) mass is 518 g/mol. The number of unbranched alkanes of at least 4 members (excludes halogenated alkanes) is 3. The van der Waals surface area contributed by atoms with Crippen molar-refractivity contribution >= 4 is 0 Å². The summed E-state index contributed by atoms with van der Waals surface area (Å²) in [6, 6.07) is 14.1. The number of aromatic hydroxyl groups is 1. The number of hydrogen-bond donors (Lipinski definition) is 1. The van der Waals surface area contributed by atoms with Gasteiger partial charge in [0, 0.05) is 11.3 Å². The molecule has 0 aliphatic carbocycles. The van der Waals surface area contributed by atoms with E-state index >= 15 is 0 Å². The van der Waals surface area contributed by atoms with Gasteiger partial charge in [-0.2, -0.15) is 18.2 Å². The number of aryl methyl sites for hydroxylation is 1. The molecule has 9 heteroatoms. The van der Waals surface area contributed by atoms with Crippen LogP contribution in [0.4, 0.5) is 0 Å². The van der Waals surface area contributed by atoms with Crippen LogP contribution in [0, 0.1) is 6.07 Å². The van der Waals surface area contributed by atoms with E-state index in [-0.39, 0.29) is 38.4 Å². The van der Waals surface area contributed by atoms with Crippen LogP contribution in [0.2, 0.25) is 0 Å². The molecule has 1 heterocycles. The number of aromatic nitrogens is 3. The van der Waals surface area contributed by atoms with E-state index in [0.717, 1.165) is 30.6 Å². The van der Waals surface area contributed by atoms with E-state index in [9.17, 15) is 5.11 Å². The Morgan fingerprint density at radius 3 is 1.94 bits per heavy atom. The second-order valence-corrected chi connectivity index (χ2v) is 6.89. The van der Waals surface area contributed by atoms with Crippen molar-refractivity contribution in [2.75, 3.05) is 13.7 Å². The zero-order valence-corrected chi connectivity index (χ0v) is 22.6. The quantitative estimate of drug-likeness (QED) is 0.223. The van der Waals surface area contributed by atoms with Gasteiger partial charge in [0.15, 0.2) is 11.5 Å². The summed E-state index contributed by atoms with van der Waals surface area (Å²) in [7, 11) is 1.63. The Morgan fingerprint density at radius 2 is 1.51 bits per heavy atom. The minimum Gasteiger partial charge on any atom is -2.00 e. The third-order valence-electron chi connectivity index (χ3n) is 4.62. The molecule has 3 aromatic rings. The van der Waals surface area contributed by atoms with Crippen molar-refractivity contribution in [3.63, 3.8) is 0 Å². The number of rotatable bonds is 9. The topological polar surface area (TPSA) is 134 Å². The van der Waals surface area contributed by atoms with E-state index in [1.807, 2.05) is 30.3 Å². The van der Waals surface area contributed by atoms with E-state index in [1.54, 1.807) is 13.2 Å². The van der Waals surface area contributed by atoms with Gasteiger partial charge >= 0.3 is 21.7 Å². The van der Waals surface area contributed by atoms with Gasteiger partial charge in [0.2, 0.25) is 0 Å². The molecule has 0 atom stereocenters. The third kappa shape index (κ3) is 15.9. The molecule has 35 heavy (non-hydrogen) atoms. The van der Waals surface area contributed by atoms with E-state index < -0.39 is 0 Å². The molecule has 0 spiro atoms. The molecule has 0 aliphatic rings. The molecule has 0 unspecified atom stereocenters. The molecule has 0 saturated heterocycles. The van der Waals surface area contributed by atoms with Crippen molar-refractivity contribution in [3.05, 3.63) is 72.6 Å². The van der Waals surface area contributed by atoms with Gasteiger partial charge < -0.3 is 25.5 Å². The summed E-state index contributed by atoms with van der Waals surface area (Å²) in [6.07, 6.45) is 10.9. The van der Waals surface area contributed by atoms with Gasteiger partial charge in [-0.05, 0) is 30.9 Å². The molecule has 0 fully saturated rings. The molecule has 0 saturated carbocycles. The summed E-state index contributed by atoms with van der Waals surface area (Å²) in [4.78, 5) is 10.7. The molecular formula is C26H36N3O5Ti-. The summed E-state index contributed by atoms with van der Waals surface area (Å²) in [5.41, 5.74) is 2.44. The fourth-order valence-electron chi connectivity index (χ4n) is 2.95. The Kier molecular flexibility index (Phi) is 26.0. The van der Waals surface area contributed by atoms with Crippen LogP contribution in [0.3, 0.4) is 0 Å². The van der Waals surface area contributed by atoms with Crippen LogP contribution in [0.15, 0.2) is 55.4 Å². The Bertz CT molecular complexity index is 816. The van der Waals surface area contributed by atoms with Gasteiger partial charge in [-0.15, -0.1) is 12.1 Å². The summed E-state index contributed by atoms with van der Waals surface area (Å²) in [5.74, 6) is 1.76. The first-order valence-electron chi connectivity index (χ1n) is 11.2. The van der Waals surface area contributed by atoms with E-state index in [4.69, 9.17) is 9.47 Å². The van der Waals surface area contributed by atoms with Crippen molar-refractivity contribution < 1.29 is 47.3 Å². The minimum atomic E-state index is 0. The third-order valence-corrected chi connectivity index (χ3v) is 4.62. The Hall–Kier alpha value is -2.52. The SMILES string of the molecule is CCCCCCOc1c(O)ccc(CC)c1CC.COc1[c-]cccc1.[O-2].[O-2].[Ti+4].c1ncncn1. The average molecular weight is 518 g/mol. The van der Waals surface area contributed by atoms with Crippen LogP contribution in [0.25, 0.3) is 0 Å². The normalized spacial score (nSPS) is 8.80. The summed E-state index contributed by atoms with van der Waals surface area (Å²) in [6.45, 7) is 7.15. The summed E-state index contributed by atoms with van der Waals surface area (Å²) < 4.78 is 10.7. The van der Waals surface area contributed by atoms with Crippen molar-refractivity contribution in [1.29, 1.82) is 0 Å². The fraction of sp³-hybridized carbons (Fsp3) is 0.423. The Morgan fingerprint density at radius 1 is 0.857 bits per heavy atom. The molecular weight excluding hydrogens is 482 g/mol. The van der Waals surface area contributed by atoms with Crippen LogP contribution in [-0.4, -0.2) is 33.8 Å². The standard InChI is InChI=1S/C16H26O2.C7H7O.C3H3N3.2O.Ti/c1-4-7-8-9-12-18-16-14(6-3)13(5-2)10-11-15(16)17;1-8-7-5-3-2-4-6-7;1-4-2-6-3-5-1;;;/h10-11,17H,4-9,12H2,1-3H3;2-5H,1H3;1-3H;;;/q;-1;;2*-2;+4. The van der Waals surface area contributed by atoms with Crippen molar-refractivity contribution in [2.24, 2.45) is 0 Å². The number of hydrogen-bond acceptors (Lipinski definition) is 6. The number of phenols is 1. The van der Waals surface area contributed by atoms with E-state index in [1.165, 1.54) is 43.8 Å². The molecule has 190 valence electrons. The zero-order valence-electron chi connectivity index (χ0n) is 21.1. The molecule has 1 N–H and O–H groups in total. The maximum Gasteiger partial charge on any atom is 4.00 e. The zero-order chi connectivity index (χ0) is 23.4. The first-order valence-corrected chi connectivity index (χ1v) is 11.2. The number of benzene rings is 2. The molecule has 0 radical (unpaired) electrons. The molecule has 0 bridgehead atoms. The van der Waals surface area contributed by atoms with Crippen molar-refractivity contribution in [3.8, 4) is 17.2 Å². The van der Waals surface area contributed by atoms with Gasteiger partial charge in [-0.25, -0.2) is 15.0 Å². The molecule has 1 aromatic heterocycles. The van der Waals surface area contributed by atoms with Crippen LogP contribution in [-0.2, 0) is 45.5 Å². The van der Waals surface area contributed by atoms with Crippen LogP contribution < -0.4 is 9.47 Å². The Balaban J connectivity index is -0.000000500. The smallest absolute Gasteiger partial charge is 2.00 e. The largest absolute Gasteiger partial charge is 4.00 e. The van der Waals surface area contributed by atoms with E-state index in [0.29, 0.717) is 12.4 Å². The fourth-order valence-corrected chi connectivity index (χ4v) is 2.95. The van der Waals surface area contributed by atoms with Crippen LogP contribution in [0.1, 0.15) is 57.6 Å². The predicted octanol–water partition coefficient (Wildman–Crippen LogP) is 5.60. The maximum absolute atomic E-state index is 9.92. The van der Waals surface area contributed by atoms with Gasteiger partial charge in [-0.3, -0.25) is 0 Å². The van der Waals surface area contributed by atoms with Gasteiger partial charge in [0.05, 0.1) is 13.7 Å². The maximum atomic E-state index is 9.92. The van der Waals surface area contributed by atoms with Gasteiger partial charge in [0.1, 0.15) is 19.0 Å². The van der Waals surface area contributed by atoms with Gasteiger partial charge in [0.25, 0.3) is 0 Å². The average Bonchev–Trinajstić information content (AvgIpc) is 2.87. The number of nitrogens with zero attached hydrogens (tertiary/aromatic N) is 3. The van der Waals surface area contributed by atoms with E-state index in [2.05, 4.69) is 41.8 Å². The van der Waals surface area contributed by atoms with Crippen molar-refractivity contribution in [2.45, 2.75) is 59.3 Å². The molecule has 0 aliphatic heterocycles. The van der Waals surface area contributed by atoms with Crippen LogP contribution >= 0.6 is 0 Å². The molecule has 0 amide bonds. The molecule has 3 rings (SSSR count). The number of methoxy groups -OCH3 is 1. The minimum absolute atomic E-state index is 0. The Labute approximate surface area is 224 Å². The summed E-state index contributed by atoms with van der Waals surface area (Å²) in [5, 5.41) is 9.92. The predicted molar refractivity (Wildman–Crippen MR) is 130 cm³/mol. The van der Waals surface area contributed by atoms with Crippen LogP contribution in [0.5, 0.6) is 17.2 Å². The first kappa shape index (κ1) is 37.0. The number of para-hydroxylation sites is 1. The summed E-state index contributed by atoms with van der Waals surface area (Å²) >= 11 is 0. The first-order chi connectivity index (χ1) is 15.7. The number of ether oxygens (including phenoxy) is 2. The van der Waals surface area contributed by atoms with Crippen molar-refractivity contribution in [1.82, 2.24) is 15.0 Å². The molecule has 8 nitrogen and oxygen atoms in total. The second-order valence-electron chi connectivity index (χ2n) is 6.89. The molecule has 2 aromatic carbocycles. The second kappa shape index (κ2) is 24.6. The number of phenolic OH excluding ortho intramolecular Hbond substituents is 1.